The van der Waals surface area contributed by atoms with Crippen molar-refractivity contribution in [1.82, 2.24) is 4.90 Å². The van der Waals surface area contributed by atoms with Crippen molar-refractivity contribution in [1.29, 1.82) is 0 Å². The lowest BCUT2D eigenvalue weighted by atomic mass is 9.94. The van der Waals surface area contributed by atoms with Crippen molar-refractivity contribution < 1.29 is 9.90 Å². The maximum Gasteiger partial charge on any atom is 0.165 e. The molecule has 1 aliphatic rings. The molecule has 0 aromatic heterocycles. The van der Waals surface area contributed by atoms with Crippen LogP contribution in [0.15, 0.2) is 24.3 Å². The standard InChI is InChI=1S/C17H24ClNO2/c18-16-9-5-4-8-15(16)17(21)10-11-19(12-13-20)14-6-2-1-3-7-14/h4-5,8-9,14,20H,1-3,6-7,10-13H2. The van der Waals surface area contributed by atoms with Crippen molar-refractivity contribution in [3.05, 3.63) is 34.9 Å². The summed E-state index contributed by atoms with van der Waals surface area (Å²) in [6, 6.07) is 7.72. The second-order valence-corrected chi connectivity index (χ2v) is 6.11. The molecule has 1 N–H and O–H groups in total. The predicted octanol–water partition coefficient (Wildman–Crippen LogP) is 3.54. The third-order valence-electron chi connectivity index (χ3n) is 4.28. The first-order valence-corrected chi connectivity index (χ1v) is 8.23. The Balaban J connectivity index is 1.91. The van der Waals surface area contributed by atoms with E-state index in [4.69, 9.17) is 11.6 Å². The van der Waals surface area contributed by atoms with Crippen molar-refractivity contribution in [3.63, 3.8) is 0 Å². The highest BCUT2D eigenvalue weighted by Crippen LogP contribution is 2.23. The lowest BCUT2D eigenvalue weighted by Gasteiger charge is -2.33. The summed E-state index contributed by atoms with van der Waals surface area (Å²) in [6.45, 7) is 1.51. The second-order valence-electron chi connectivity index (χ2n) is 5.70. The Bertz CT molecular complexity index is 458. The van der Waals surface area contributed by atoms with Gasteiger partial charge in [0, 0.05) is 31.1 Å². The third-order valence-corrected chi connectivity index (χ3v) is 4.61. The zero-order valence-electron chi connectivity index (χ0n) is 12.4. The summed E-state index contributed by atoms with van der Waals surface area (Å²) in [7, 11) is 0. The van der Waals surface area contributed by atoms with Crippen molar-refractivity contribution >= 4 is 17.4 Å². The van der Waals surface area contributed by atoms with Gasteiger partial charge in [0.15, 0.2) is 5.78 Å². The van der Waals surface area contributed by atoms with Gasteiger partial charge in [-0.1, -0.05) is 43.0 Å². The fourth-order valence-corrected chi connectivity index (χ4v) is 3.36. The molecule has 1 aromatic rings. The van der Waals surface area contributed by atoms with E-state index in [1.165, 1.54) is 32.1 Å². The van der Waals surface area contributed by atoms with Crippen LogP contribution in [0.2, 0.25) is 5.02 Å². The average Bonchev–Trinajstić information content (AvgIpc) is 2.52. The number of nitrogens with zero attached hydrogens (tertiary/aromatic N) is 1. The van der Waals surface area contributed by atoms with Crippen LogP contribution in [-0.4, -0.2) is 41.5 Å². The number of Topliss-reactive ketones (excluding diaryl/α,β-unsaturated/α-hetero) is 1. The minimum absolute atomic E-state index is 0.0827. The van der Waals surface area contributed by atoms with Crippen LogP contribution in [-0.2, 0) is 0 Å². The molecule has 0 spiro atoms. The Hall–Kier alpha value is -0.900. The van der Waals surface area contributed by atoms with E-state index in [0.29, 0.717) is 36.1 Å². The van der Waals surface area contributed by atoms with Crippen molar-refractivity contribution in [3.8, 4) is 0 Å². The highest BCUT2D eigenvalue weighted by molar-refractivity contribution is 6.33. The summed E-state index contributed by atoms with van der Waals surface area (Å²) < 4.78 is 0. The number of halogens is 1. The molecule has 4 heteroatoms. The van der Waals surface area contributed by atoms with E-state index in [0.717, 1.165) is 0 Å². The number of aliphatic hydroxyl groups excluding tert-OH is 1. The molecule has 0 amide bonds. The maximum absolute atomic E-state index is 12.3. The number of carbonyl (C=O) groups excluding carboxylic acids is 1. The van der Waals surface area contributed by atoms with Gasteiger partial charge < -0.3 is 5.11 Å². The number of aliphatic hydroxyl groups is 1. The van der Waals surface area contributed by atoms with Gasteiger partial charge in [-0.3, -0.25) is 9.69 Å². The molecule has 21 heavy (non-hydrogen) atoms. The van der Waals surface area contributed by atoms with Crippen molar-refractivity contribution in [2.75, 3.05) is 19.7 Å². The number of carbonyl (C=O) groups is 1. The van der Waals surface area contributed by atoms with Crippen LogP contribution in [0.3, 0.4) is 0 Å². The van der Waals surface area contributed by atoms with Gasteiger partial charge in [0.1, 0.15) is 0 Å². The minimum Gasteiger partial charge on any atom is -0.395 e. The SMILES string of the molecule is O=C(CCN(CCO)C1CCCCC1)c1ccccc1Cl. The van der Waals surface area contributed by atoms with Crippen LogP contribution in [0.25, 0.3) is 0 Å². The smallest absolute Gasteiger partial charge is 0.165 e. The van der Waals surface area contributed by atoms with E-state index in [9.17, 15) is 9.90 Å². The Kier molecular flexibility index (Phi) is 6.68. The lowest BCUT2D eigenvalue weighted by molar-refractivity contribution is 0.0903. The molecule has 0 aliphatic heterocycles. The quantitative estimate of drug-likeness (QED) is 0.783. The average molecular weight is 310 g/mol. The highest BCUT2D eigenvalue weighted by atomic mass is 35.5. The Labute approximate surface area is 131 Å². The zero-order valence-corrected chi connectivity index (χ0v) is 13.2. The van der Waals surface area contributed by atoms with Crippen LogP contribution < -0.4 is 0 Å². The molecule has 0 heterocycles. The second kappa shape index (κ2) is 8.52. The molecule has 0 radical (unpaired) electrons. The zero-order chi connectivity index (χ0) is 15.1. The van der Waals surface area contributed by atoms with Gasteiger partial charge in [0.2, 0.25) is 0 Å². The van der Waals surface area contributed by atoms with Crippen LogP contribution >= 0.6 is 11.6 Å². The molecule has 1 aromatic carbocycles. The third kappa shape index (κ3) is 4.80. The molecule has 0 unspecified atom stereocenters. The predicted molar refractivity (Wildman–Crippen MR) is 85.9 cm³/mol. The van der Waals surface area contributed by atoms with E-state index in [-0.39, 0.29) is 12.4 Å². The van der Waals surface area contributed by atoms with Gasteiger partial charge in [0.05, 0.1) is 11.6 Å². The van der Waals surface area contributed by atoms with Crippen LogP contribution in [0.4, 0.5) is 0 Å². The van der Waals surface area contributed by atoms with Crippen molar-refractivity contribution in [2.24, 2.45) is 0 Å². The van der Waals surface area contributed by atoms with E-state index in [1.807, 2.05) is 12.1 Å². The first-order valence-electron chi connectivity index (χ1n) is 7.85. The molecule has 0 atom stereocenters. The van der Waals surface area contributed by atoms with Gasteiger partial charge in [-0.05, 0) is 25.0 Å². The monoisotopic (exact) mass is 309 g/mol. The van der Waals surface area contributed by atoms with E-state index >= 15 is 0 Å². The van der Waals surface area contributed by atoms with Crippen LogP contribution in [0, 0.1) is 0 Å². The van der Waals surface area contributed by atoms with Gasteiger partial charge in [0.25, 0.3) is 0 Å². The molecule has 1 fully saturated rings. The number of hydrogen-bond donors (Lipinski definition) is 1. The molecule has 0 bridgehead atoms. The fraction of sp³-hybridized carbons (Fsp3) is 0.588. The van der Waals surface area contributed by atoms with Crippen LogP contribution in [0.5, 0.6) is 0 Å². The topological polar surface area (TPSA) is 40.5 Å². The van der Waals surface area contributed by atoms with Crippen LogP contribution in [0.1, 0.15) is 48.9 Å². The molecule has 2 rings (SSSR count). The summed E-state index contributed by atoms with van der Waals surface area (Å²) in [5, 5.41) is 9.77. The Morgan fingerprint density at radius 3 is 2.57 bits per heavy atom. The molecule has 0 saturated heterocycles. The lowest BCUT2D eigenvalue weighted by Crippen LogP contribution is -2.40. The summed E-state index contributed by atoms with van der Waals surface area (Å²) in [5.74, 6) is 0.0827. The van der Waals surface area contributed by atoms with E-state index in [2.05, 4.69) is 4.90 Å². The van der Waals surface area contributed by atoms with Gasteiger partial charge in [-0.2, -0.15) is 0 Å². The van der Waals surface area contributed by atoms with Crippen molar-refractivity contribution in [2.45, 2.75) is 44.6 Å². The summed E-state index contributed by atoms with van der Waals surface area (Å²) in [5.41, 5.74) is 0.603. The first-order chi connectivity index (χ1) is 10.2. The van der Waals surface area contributed by atoms with Gasteiger partial charge in [-0.15, -0.1) is 0 Å². The molecular weight excluding hydrogens is 286 g/mol. The molecule has 1 aliphatic carbocycles. The molecule has 3 nitrogen and oxygen atoms in total. The van der Waals surface area contributed by atoms with Gasteiger partial charge >= 0.3 is 0 Å². The number of hydrogen-bond acceptors (Lipinski definition) is 3. The minimum atomic E-state index is 0.0827. The maximum atomic E-state index is 12.3. The van der Waals surface area contributed by atoms with Gasteiger partial charge in [-0.25, -0.2) is 0 Å². The van der Waals surface area contributed by atoms with E-state index in [1.54, 1.807) is 12.1 Å². The summed E-state index contributed by atoms with van der Waals surface area (Å²) in [4.78, 5) is 14.6. The fourth-order valence-electron chi connectivity index (χ4n) is 3.12. The molecular formula is C17H24ClNO2. The highest BCUT2D eigenvalue weighted by Gasteiger charge is 2.21. The first kappa shape index (κ1) is 16.5. The Morgan fingerprint density at radius 2 is 1.90 bits per heavy atom. The number of ketones is 1. The van der Waals surface area contributed by atoms with E-state index < -0.39 is 0 Å². The summed E-state index contributed by atoms with van der Waals surface area (Å²) >= 11 is 6.07. The number of benzene rings is 1. The molecule has 1 saturated carbocycles. The largest absolute Gasteiger partial charge is 0.395 e. The Morgan fingerprint density at radius 1 is 1.19 bits per heavy atom. The summed E-state index contributed by atoms with van der Waals surface area (Å²) in [6.07, 6.45) is 6.64. The molecule has 116 valence electrons. The normalized spacial score (nSPS) is 16.3. The number of rotatable bonds is 7.